The van der Waals surface area contributed by atoms with Crippen molar-refractivity contribution in [2.24, 2.45) is 0 Å². The molecule has 6 nitrogen and oxygen atoms in total. The van der Waals surface area contributed by atoms with E-state index in [9.17, 15) is 4.79 Å². The lowest BCUT2D eigenvalue weighted by atomic mass is 9.98. The van der Waals surface area contributed by atoms with E-state index in [4.69, 9.17) is 4.74 Å². The SMILES string of the molecule is CCC(C)c1ccccc1OCC(=O)NCc1ccc(Cn2cncn2)cc1. The van der Waals surface area contributed by atoms with Gasteiger partial charge in [0.05, 0.1) is 6.54 Å². The highest BCUT2D eigenvalue weighted by atomic mass is 16.5. The Kier molecular flexibility index (Phi) is 6.78. The van der Waals surface area contributed by atoms with Crippen LogP contribution in [-0.4, -0.2) is 27.3 Å². The Bertz CT molecular complexity index is 876. The Morgan fingerprint density at radius 1 is 1.14 bits per heavy atom. The number of nitrogens with one attached hydrogen (secondary N) is 1. The fourth-order valence-electron chi connectivity index (χ4n) is 2.90. The first-order valence-electron chi connectivity index (χ1n) is 9.54. The lowest BCUT2D eigenvalue weighted by Crippen LogP contribution is -2.28. The first-order chi connectivity index (χ1) is 13.7. The van der Waals surface area contributed by atoms with Crippen molar-refractivity contribution >= 4 is 5.91 Å². The Balaban J connectivity index is 1.47. The molecule has 2 aromatic carbocycles. The molecule has 3 rings (SSSR count). The van der Waals surface area contributed by atoms with Gasteiger partial charge < -0.3 is 10.1 Å². The van der Waals surface area contributed by atoms with Gasteiger partial charge in [-0.2, -0.15) is 5.10 Å². The minimum atomic E-state index is -0.134. The van der Waals surface area contributed by atoms with E-state index in [0.717, 1.165) is 28.9 Å². The highest BCUT2D eigenvalue weighted by Gasteiger charge is 2.11. The van der Waals surface area contributed by atoms with Gasteiger partial charge in [-0.15, -0.1) is 0 Å². The van der Waals surface area contributed by atoms with Gasteiger partial charge in [0.15, 0.2) is 6.61 Å². The van der Waals surface area contributed by atoms with Crippen molar-refractivity contribution in [2.75, 3.05) is 6.61 Å². The van der Waals surface area contributed by atoms with Gasteiger partial charge in [0.1, 0.15) is 18.4 Å². The number of rotatable bonds is 9. The van der Waals surface area contributed by atoms with Gasteiger partial charge in [-0.25, -0.2) is 9.67 Å². The van der Waals surface area contributed by atoms with Gasteiger partial charge in [0.2, 0.25) is 0 Å². The van der Waals surface area contributed by atoms with Crippen LogP contribution >= 0.6 is 0 Å². The van der Waals surface area contributed by atoms with Crippen molar-refractivity contribution in [1.29, 1.82) is 0 Å². The number of amides is 1. The molecule has 0 saturated carbocycles. The molecule has 6 heteroatoms. The standard InChI is InChI=1S/C22H26N4O2/c1-3-17(2)20-6-4-5-7-21(20)28-14-22(27)24-12-18-8-10-19(11-9-18)13-26-16-23-15-25-26/h4-11,15-17H,3,12-14H2,1-2H3,(H,24,27). The molecule has 0 bridgehead atoms. The monoisotopic (exact) mass is 378 g/mol. The molecule has 1 heterocycles. The normalized spacial score (nSPS) is 11.8. The summed E-state index contributed by atoms with van der Waals surface area (Å²) in [4.78, 5) is 16.1. The van der Waals surface area contributed by atoms with Crippen LogP contribution in [0.25, 0.3) is 0 Å². The lowest BCUT2D eigenvalue weighted by Gasteiger charge is -2.15. The predicted molar refractivity (Wildman–Crippen MR) is 108 cm³/mol. The van der Waals surface area contributed by atoms with E-state index in [2.05, 4.69) is 35.3 Å². The van der Waals surface area contributed by atoms with E-state index in [1.165, 1.54) is 6.33 Å². The van der Waals surface area contributed by atoms with E-state index < -0.39 is 0 Å². The summed E-state index contributed by atoms with van der Waals surface area (Å²) < 4.78 is 7.53. The van der Waals surface area contributed by atoms with Gasteiger partial charge in [-0.3, -0.25) is 4.79 Å². The molecule has 1 N–H and O–H groups in total. The number of hydrogen-bond acceptors (Lipinski definition) is 4. The van der Waals surface area contributed by atoms with Gasteiger partial charge in [0, 0.05) is 6.54 Å². The lowest BCUT2D eigenvalue weighted by molar-refractivity contribution is -0.123. The van der Waals surface area contributed by atoms with Gasteiger partial charge in [-0.1, -0.05) is 56.3 Å². The molecule has 146 valence electrons. The quantitative estimate of drug-likeness (QED) is 0.618. The first-order valence-corrected chi connectivity index (χ1v) is 9.54. The summed E-state index contributed by atoms with van der Waals surface area (Å²) in [6, 6.07) is 16.0. The molecule has 0 saturated heterocycles. The van der Waals surface area contributed by atoms with Crippen LogP contribution in [0.3, 0.4) is 0 Å². The van der Waals surface area contributed by atoms with Crippen molar-refractivity contribution < 1.29 is 9.53 Å². The minimum Gasteiger partial charge on any atom is -0.483 e. The van der Waals surface area contributed by atoms with E-state index in [0.29, 0.717) is 19.0 Å². The summed E-state index contributed by atoms with van der Waals surface area (Å²) in [5, 5.41) is 7.00. The van der Waals surface area contributed by atoms with Crippen molar-refractivity contribution in [3.63, 3.8) is 0 Å². The zero-order valence-corrected chi connectivity index (χ0v) is 16.3. The first kappa shape index (κ1) is 19.6. The molecular weight excluding hydrogens is 352 g/mol. The third-order valence-corrected chi connectivity index (χ3v) is 4.74. The molecule has 0 spiro atoms. The Morgan fingerprint density at radius 2 is 1.89 bits per heavy atom. The summed E-state index contributed by atoms with van der Waals surface area (Å²) >= 11 is 0. The number of carbonyl (C=O) groups excluding carboxylic acids is 1. The predicted octanol–water partition coefficient (Wildman–Crippen LogP) is 3.54. The van der Waals surface area contributed by atoms with E-state index in [1.807, 2.05) is 42.5 Å². The van der Waals surface area contributed by atoms with Crippen molar-refractivity contribution in [3.05, 3.63) is 77.9 Å². The highest BCUT2D eigenvalue weighted by Crippen LogP contribution is 2.28. The van der Waals surface area contributed by atoms with Crippen LogP contribution in [0.5, 0.6) is 5.75 Å². The number of aromatic nitrogens is 3. The molecule has 0 fully saturated rings. The van der Waals surface area contributed by atoms with E-state index in [-0.39, 0.29) is 12.5 Å². The third-order valence-electron chi connectivity index (χ3n) is 4.74. The number of ether oxygens (including phenoxy) is 1. The van der Waals surface area contributed by atoms with Crippen molar-refractivity contribution in [1.82, 2.24) is 20.1 Å². The molecule has 3 aromatic rings. The highest BCUT2D eigenvalue weighted by molar-refractivity contribution is 5.77. The van der Waals surface area contributed by atoms with E-state index >= 15 is 0 Å². The Labute approximate surface area is 165 Å². The fourth-order valence-corrected chi connectivity index (χ4v) is 2.90. The number of nitrogens with zero attached hydrogens (tertiary/aromatic N) is 3. The maximum Gasteiger partial charge on any atom is 0.258 e. The number of para-hydroxylation sites is 1. The number of hydrogen-bond donors (Lipinski definition) is 1. The smallest absolute Gasteiger partial charge is 0.258 e. The maximum absolute atomic E-state index is 12.2. The fraction of sp³-hybridized carbons (Fsp3) is 0.318. The molecule has 0 aliphatic rings. The molecule has 0 radical (unpaired) electrons. The van der Waals surface area contributed by atoms with Gasteiger partial charge in [-0.05, 0) is 35.1 Å². The van der Waals surface area contributed by atoms with Gasteiger partial charge >= 0.3 is 0 Å². The zero-order valence-electron chi connectivity index (χ0n) is 16.3. The molecule has 1 aromatic heterocycles. The van der Waals surface area contributed by atoms with Crippen LogP contribution in [-0.2, 0) is 17.9 Å². The molecule has 0 aliphatic heterocycles. The molecule has 1 amide bonds. The largest absolute Gasteiger partial charge is 0.483 e. The molecule has 28 heavy (non-hydrogen) atoms. The Hall–Kier alpha value is -3.15. The van der Waals surface area contributed by atoms with Crippen LogP contribution in [0.4, 0.5) is 0 Å². The second-order valence-corrected chi connectivity index (χ2v) is 6.82. The summed E-state index contributed by atoms with van der Waals surface area (Å²) in [6.07, 6.45) is 4.24. The maximum atomic E-state index is 12.2. The van der Waals surface area contributed by atoms with Crippen molar-refractivity contribution in [2.45, 2.75) is 39.3 Å². The van der Waals surface area contributed by atoms with Crippen LogP contribution in [0.1, 0.15) is 42.9 Å². The third kappa shape index (κ3) is 5.42. The van der Waals surface area contributed by atoms with Crippen molar-refractivity contribution in [3.8, 4) is 5.75 Å². The molecule has 0 aliphatic carbocycles. The number of carbonyl (C=O) groups is 1. The van der Waals surface area contributed by atoms with Crippen LogP contribution in [0, 0.1) is 0 Å². The molecule has 1 unspecified atom stereocenters. The molecular formula is C22H26N4O2. The summed E-state index contributed by atoms with van der Waals surface area (Å²) in [7, 11) is 0. The van der Waals surface area contributed by atoms with Crippen LogP contribution in [0.2, 0.25) is 0 Å². The summed E-state index contributed by atoms with van der Waals surface area (Å²) in [5.74, 6) is 1.05. The van der Waals surface area contributed by atoms with Crippen LogP contribution in [0.15, 0.2) is 61.2 Å². The minimum absolute atomic E-state index is 0.0117. The average molecular weight is 378 g/mol. The second kappa shape index (κ2) is 9.69. The van der Waals surface area contributed by atoms with Gasteiger partial charge in [0.25, 0.3) is 5.91 Å². The molecule has 1 atom stereocenters. The summed E-state index contributed by atoms with van der Waals surface area (Å²) in [5.41, 5.74) is 3.31. The zero-order chi connectivity index (χ0) is 19.8. The second-order valence-electron chi connectivity index (χ2n) is 6.82. The Morgan fingerprint density at radius 3 is 2.61 bits per heavy atom. The van der Waals surface area contributed by atoms with Crippen LogP contribution < -0.4 is 10.1 Å². The van der Waals surface area contributed by atoms with E-state index in [1.54, 1.807) is 11.0 Å². The average Bonchev–Trinajstić information content (AvgIpc) is 3.24. The topological polar surface area (TPSA) is 69.0 Å². The summed E-state index contributed by atoms with van der Waals surface area (Å²) in [6.45, 7) is 5.47. The number of benzene rings is 2.